The van der Waals surface area contributed by atoms with E-state index in [1.165, 1.54) is 33.4 Å². The molecule has 14 nitrogen and oxygen atoms in total. The molecule has 8 rings (SSSR count). The van der Waals surface area contributed by atoms with Crippen molar-refractivity contribution in [2.24, 2.45) is 11.8 Å². The molecule has 2 unspecified atom stereocenters. The van der Waals surface area contributed by atoms with Crippen LogP contribution in [-0.4, -0.2) is 104 Å². The topological polar surface area (TPSA) is 210 Å². The van der Waals surface area contributed by atoms with Gasteiger partial charge in [-0.2, -0.15) is 53.3 Å². The van der Waals surface area contributed by atoms with E-state index in [2.05, 4.69) is 9.80 Å². The molecule has 0 amide bonds. The summed E-state index contributed by atoms with van der Waals surface area (Å²) >= 11 is 0. The molecule has 0 radical (unpaired) electrons. The van der Waals surface area contributed by atoms with Crippen LogP contribution in [-0.2, 0) is 49.1 Å². The third-order valence-corrected chi connectivity index (χ3v) is 18.2. The average Bonchev–Trinajstić information content (AvgIpc) is 0.811. The van der Waals surface area contributed by atoms with Crippen molar-refractivity contribution in [3.63, 3.8) is 0 Å². The van der Waals surface area contributed by atoms with Gasteiger partial charge in [0.25, 0.3) is 11.1 Å². The zero-order valence-corrected chi connectivity index (χ0v) is 60.6. The van der Waals surface area contributed by atoms with Crippen LogP contribution in [0.25, 0.3) is 22.3 Å². The molecule has 2 fully saturated rings. The van der Waals surface area contributed by atoms with Gasteiger partial charge >= 0.3 is 43.2 Å². The van der Waals surface area contributed by atoms with Gasteiger partial charge in [-0.1, -0.05) is 64.1 Å². The number of carbonyl (C=O) groups excluding carboxylic acids is 3. The molecule has 2 aliphatic rings. The third kappa shape index (κ3) is 23.1. The molecule has 0 bridgehead atoms. The standard InChI is InChI=1S/C38H46F4N2O4.C36H42F4N2O4.Li.2H2O.2H2S/c1-7-48-35(47)21-28(30-18-29(19-31(37(30)39)38(40,41)42)36-24(4)10-8-11-25(36)5)20-33(45)32(16-23(2)3)44-22-27(26(6)17-34(44)46)12-15-43-13-9-14-43;1-21(2)14-30(42-20-25(24(5)15-32(42)44)10-13-41-11-7-12-41)31(43)18-26(19-33(45)46)28-16-27(17-29(35(28)37)36(38,39)40)34-22(3)8-6-9-23(34)4;;;;;/h8,10-11,17-19,22-23,28,32H,7,9,12-16,20-21H2,1-6H3;6,8-9,15-17,20-21,26,30H,7,10-14,18-19H2,1-5H3,(H,45,46);;4*1H2/q;;+1;;;;/p-1/t28-,32?;26-,30?;;;;;/m00...../s1. The second-order valence-corrected chi connectivity index (χ2v) is 26.4. The molecule has 2 aliphatic heterocycles. The van der Waals surface area contributed by atoms with Gasteiger partial charge in [0.05, 0.1) is 42.7 Å². The third-order valence-electron chi connectivity index (χ3n) is 18.2. The van der Waals surface area contributed by atoms with E-state index in [1.54, 1.807) is 83.4 Å². The fourth-order valence-electron chi connectivity index (χ4n) is 12.9. The van der Waals surface area contributed by atoms with Gasteiger partial charge < -0.3 is 39.7 Å². The Hall–Kier alpha value is -6.36. The van der Waals surface area contributed by atoms with E-state index in [0.717, 1.165) is 86.5 Å². The Morgan fingerprint density at radius 2 is 0.889 bits per heavy atom. The van der Waals surface area contributed by atoms with Crippen molar-refractivity contribution in [3.05, 3.63) is 184 Å². The molecule has 0 aliphatic carbocycles. The number of pyridine rings is 2. The number of esters is 1. The smallest absolute Gasteiger partial charge is 0.870 e. The number of nitrogens with zero attached hydrogens (tertiary/aromatic N) is 4. The summed E-state index contributed by atoms with van der Waals surface area (Å²) < 4.78 is 125. The zero-order valence-electron chi connectivity index (χ0n) is 58.6. The largest absolute Gasteiger partial charge is 1.00 e. The first-order valence-electron chi connectivity index (χ1n) is 32.4. The van der Waals surface area contributed by atoms with E-state index in [1.807, 2.05) is 41.5 Å². The van der Waals surface area contributed by atoms with E-state index in [9.17, 15) is 60.2 Å². The van der Waals surface area contributed by atoms with E-state index >= 15 is 8.78 Å². The minimum absolute atomic E-state index is 0. The number of halogens is 8. The fraction of sp³-hybridized carbons (Fsp3) is 0.486. The molecule has 0 spiro atoms. The number of aliphatic carboxylic acids is 1. The number of benzene rings is 4. The van der Waals surface area contributed by atoms with E-state index in [4.69, 9.17) is 4.74 Å². The van der Waals surface area contributed by atoms with Gasteiger partial charge in [-0.05, 0) is 227 Å². The fourth-order valence-corrected chi connectivity index (χ4v) is 12.9. The van der Waals surface area contributed by atoms with Crippen LogP contribution in [0.5, 0.6) is 0 Å². The maximum absolute atomic E-state index is 16.0. The van der Waals surface area contributed by atoms with Gasteiger partial charge in [0.2, 0.25) is 0 Å². The molecule has 4 atom stereocenters. The Morgan fingerprint density at radius 3 is 1.18 bits per heavy atom. The van der Waals surface area contributed by atoms with Gasteiger partial charge in [-0.25, -0.2) is 8.78 Å². The van der Waals surface area contributed by atoms with Crippen LogP contribution in [0, 0.1) is 65.0 Å². The summed E-state index contributed by atoms with van der Waals surface area (Å²) in [5.41, 5.74) is 2.72. The molecule has 4 aromatic carbocycles. The number of rotatable bonds is 27. The second kappa shape index (κ2) is 38.6. The number of alkyl halides is 6. The van der Waals surface area contributed by atoms with Crippen LogP contribution in [0.4, 0.5) is 35.1 Å². The molecule has 4 N–H and O–H groups in total. The van der Waals surface area contributed by atoms with Gasteiger partial charge in [-0.3, -0.25) is 28.8 Å². The maximum Gasteiger partial charge on any atom is 1.00 e. The molecule has 99 heavy (non-hydrogen) atoms. The zero-order chi connectivity index (χ0) is 69.3. The number of hydrogen-bond acceptors (Lipinski definition) is 10. The number of ketones is 2. The summed E-state index contributed by atoms with van der Waals surface area (Å²) in [4.78, 5) is 84.4. The van der Waals surface area contributed by atoms with Crippen molar-refractivity contribution < 1.29 is 94.0 Å². The van der Waals surface area contributed by atoms with E-state index in [-0.39, 0.29) is 105 Å². The molecular weight excluding hydrogens is 1330 g/mol. The van der Waals surface area contributed by atoms with Crippen molar-refractivity contribution in [3.8, 4) is 22.3 Å². The maximum atomic E-state index is 16.0. The first kappa shape index (κ1) is 88.7. The molecule has 25 heteroatoms. The summed E-state index contributed by atoms with van der Waals surface area (Å²) in [6, 6.07) is 15.6. The van der Waals surface area contributed by atoms with Crippen molar-refractivity contribution in [2.75, 3.05) is 45.9 Å². The second-order valence-electron chi connectivity index (χ2n) is 26.4. The molecule has 2 saturated heterocycles. The van der Waals surface area contributed by atoms with Gasteiger partial charge in [0.1, 0.15) is 11.6 Å². The van der Waals surface area contributed by atoms with Crippen LogP contribution < -0.4 is 30.0 Å². The predicted molar refractivity (Wildman–Crippen MR) is 375 cm³/mol. The van der Waals surface area contributed by atoms with Crippen LogP contribution in [0.3, 0.4) is 0 Å². The van der Waals surface area contributed by atoms with Crippen molar-refractivity contribution in [1.29, 1.82) is 0 Å². The minimum Gasteiger partial charge on any atom is -0.870 e. The van der Waals surface area contributed by atoms with Crippen molar-refractivity contribution in [1.82, 2.24) is 18.9 Å². The van der Waals surface area contributed by atoms with Crippen LogP contribution in [0.2, 0.25) is 0 Å². The summed E-state index contributed by atoms with van der Waals surface area (Å²) in [6.45, 7) is 25.5. The number of hydrogen-bond donors (Lipinski definition) is 1. The Kier molecular flexibility index (Phi) is 34.6. The van der Waals surface area contributed by atoms with Crippen molar-refractivity contribution in [2.45, 2.75) is 177 Å². The summed E-state index contributed by atoms with van der Waals surface area (Å²) in [5, 5.41) is 9.78. The Labute approximate surface area is 601 Å². The first-order valence-corrected chi connectivity index (χ1v) is 32.4. The van der Waals surface area contributed by atoms with Crippen LogP contribution in [0.15, 0.2) is 94.8 Å². The summed E-state index contributed by atoms with van der Waals surface area (Å²) in [5.74, 6) is -9.03. The molecule has 540 valence electrons. The molecule has 2 aromatic heterocycles. The predicted octanol–water partition coefficient (Wildman–Crippen LogP) is 12.0. The number of Topliss-reactive ketones (excluding diaryl/α,β-unsaturated/α-hetero) is 2. The number of aromatic nitrogens is 2. The Morgan fingerprint density at radius 1 is 0.545 bits per heavy atom. The number of likely N-dealkylation sites (tertiary alicyclic amines) is 2. The monoisotopic (exact) mass is 1420 g/mol. The van der Waals surface area contributed by atoms with Crippen LogP contribution in [0.1, 0.15) is 177 Å². The average molecular weight is 1420 g/mol. The first-order chi connectivity index (χ1) is 44.2. The number of carbonyl (C=O) groups is 4. The van der Waals surface area contributed by atoms with E-state index < -0.39 is 125 Å². The Bertz CT molecular complexity index is 3830. The summed E-state index contributed by atoms with van der Waals surface area (Å²) in [7, 11) is 0. The number of carboxylic acids is 1. The van der Waals surface area contributed by atoms with Gasteiger partial charge in [0.15, 0.2) is 11.6 Å². The quantitative estimate of drug-likeness (QED) is 0.0291. The Balaban J connectivity index is 0.000000642. The molecule has 6 aromatic rings. The van der Waals surface area contributed by atoms with Gasteiger partial charge in [0, 0.05) is 62.3 Å². The summed E-state index contributed by atoms with van der Waals surface area (Å²) in [6.07, 6.45) is -4.84. The van der Waals surface area contributed by atoms with Crippen LogP contribution >= 0.6 is 27.0 Å². The SMILES string of the molecule is CCOC(=O)C[C@H](CC(=O)C(CC(C)C)n1cc(CCN2CCC2)c(C)cc1=O)c1cc(-c2c(C)cccc2C)cc(C(F)(F)F)c1F.Cc1cc(=O)n(C(CC(C)C)C(=O)C[C@@H](CC(=O)O)c2cc(-c3c(C)cccc3C)cc(C(F)(F)F)c2F)cc1CCN1CCC1.O.S.S.[Li+].[OH-]. The molecular formula is C74H95F8LiN4O10S2. The normalized spacial score (nSPS) is 14.2. The van der Waals surface area contributed by atoms with E-state index in [0.29, 0.717) is 46.2 Å². The number of aryl methyl sites for hydroxylation is 6. The number of ether oxygens (including phenoxy) is 1. The number of carboxylic acid groups (broad SMARTS) is 1. The van der Waals surface area contributed by atoms with Gasteiger partial charge in [-0.15, -0.1) is 0 Å². The molecule has 4 heterocycles. The minimum atomic E-state index is -5.06. The van der Waals surface area contributed by atoms with Crippen molar-refractivity contribution >= 4 is 50.5 Å². The molecule has 0 saturated carbocycles.